The first kappa shape index (κ1) is 18.2. The highest BCUT2D eigenvalue weighted by Crippen LogP contribution is 2.45. The summed E-state index contributed by atoms with van der Waals surface area (Å²) >= 11 is 2.07. The first-order valence-electron chi connectivity index (χ1n) is 7.97. The minimum Gasteiger partial charge on any atom is -0.376 e. The molecule has 0 aliphatic rings. The van der Waals surface area contributed by atoms with E-state index in [-0.39, 0.29) is 4.88 Å². The summed E-state index contributed by atoms with van der Waals surface area (Å²) in [6.07, 6.45) is 1.05. The highest BCUT2D eigenvalue weighted by atomic mass is 32.2. The molecule has 0 amide bonds. The number of fused-ring (bicyclic) bond motifs is 3. The third kappa shape index (κ3) is 3.07. The van der Waals surface area contributed by atoms with E-state index >= 15 is 0 Å². The number of halogens is 3. The van der Waals surface area contributed by atoms with Crippen LogP contribution in [0.4, 0.5) is 13.2 Å². The molecule has 1 aromatic carbocycles. The van der Waals surface area contributed by atoms with Gasteiger partial charge in [0.05, 0.1) is 22.1 Å². The van der Waals surface area contributed by atoms with Gasteiger partial charge in [-0.25, -0.2) is 9.97 Å². The highest BCUT2D eigenvalue weighted by Gasteiger charge is 2.54. The molecule has 1 N–H and O–H groups in total. The summed E-state index contributed by atoms with van der Waals surface area (Å²) in [5.41, 5.74) is -0.519. The Morgan fingerprint density at radius 3 is 2.74 bits per heavy atom. The van der Waals surface area contributed by atoms with Crippen molar-refractivity contribution >= 4 is 39.8 Å². The van der Waals surface area contributed by atoms with Crippen LogP contribution in [0.25, 0.3) is 16.7 Å². The van der Waals surface area contributed by atoms with Crippen molar-refractivity contribution in [1.29, 1.82) is 0 Å². The van der Waals surface area contributed by atoms with E-state index in [0.29, 0.717) is 4.34 Å². The van der Waals surface area contributed by atoms with Gasteiger partial charge < -0.3 is 5.11 Å². The van der Waals surface area contributed by atoms with E-state index in [1.165, 1.54) is 18.7 Å². The lowest BCUT2D eigenvalue weighted by Gasteiger charge is -2.27. The number of alkyl halides is 3. The van der Waals surface area contributed by atoms with Gasteiger partial charge in [0.1, 0.15) is 0 Å². The van der Waals surface area contributed by atoms with E-state index in [1.807, 2.05) is 28.8 Å². The van der Waals surface area contributed by atoms with Crippen molar-refractivity contribution in [2.45, 2.75) is 34.4 Å². The van der Waals surface area contributed by atoms with Gasteiger partial charge in [-0.1, -0.05) is 18.7 Å². The Balaban J connectivity index is 1.65. The minimum atomic E-state index is -4.75. The van der Waals surface area contributed by atoms with Gasteiger partial charge >= 0.3 is 6.18 Å². The fourth-order valence-corrected chi connectivity index (χ4v) is 4.89. The first-order valence-corrected chi connectivity index (χ1v) is 9.60. The molecule has 0 aliphatic carbocycles. The van der Waals surface area contributed by atoms with Crippen LogP contribution in [0.5, 0.6) is 0 Å². The van der Waals surface area contributed by atoms with Gasteiger partial charge in [0.2, 0.25) is 0 Å². The first-order chi connectivity index (χ1) is 12.8. The van der Waals surface area contributed by atoms with E-state index in [1.54, 1.807) is 12.4 Å². The average Bonchev–Trinajstić information content (AvgIpc) is 3.29. The molecule has 3 heterocycles. The number of aromatic nitrogens is 4. The smallest absolute Gasteiger partial charge is 0.376 e. The van der Waals surface area contributed by atoms with Crippen molar-refractivity contribution < 1.29 is 18.3 Å². The zero-order valence-electron chi connectivity index (χ0n) is 13.9. The summed E-state index contributed by atoms with van der Waals surface area (Å²) in [4.78, 5) is 13.2. The van der Waals surface area contributed by atoms with Gasteiger partial charge in [-0.05, 0) is 24.6 Å². The molecule has 1 unspecified atom stereocenters. The van der Waals surface area contributed by atoms with Gasteiger partial charge in [0, 0.05) is 23.5 Å². The Hall–Kier alpha value is -2.17. The Bertz CT molecular complexity index is 1120. The maximum Gasteiger partial charge on any atom is 0.422 e. The van der Waals surface area contributed by atoms with Crippen LogP contribution in [0.3, 0.4) is 0 Å². The predicted octanol–water partition coefficient (Wildman–Crippen LogP) is 4.65. The monoisotopic (exact) mass is 410 g/mol. The molecule has 0 spiro atoms. The Kier molecular flexibility index (Phi) is 4.36. The molecule has 27 heavy (non-hydrogen) atoms. The van der Waals surface area contributed by atoms with Gasteiger partial charge in [0.25, 0.3) is 0 Å². The molecule has 5 nitrogen and oxygen atoms in total. The van der Waals surface area contributed by atoms with E-state index in [9.17, 15) is 18.3 Å². The molecule has 10 heteroatoms. The van der Waals surface area contributed by atoms with Crippen LogP contribution in [-0.4, -0.2) is 30.6 Å². The zero-order chi connectivity index (χ0) is 19.2. The van der Waals surface area contributed by atoms with Crippen molar-refractivity contribution in [2.75, 3.05) is 0 Å². The molecule has 0 aliphatic heterocycles. The summed E-state index contributed by atoms with van der Waals surface area (Å²) in [7, 11) is 0. The highest BCUT2D eigenvalue weighted by molar-refractivity contribution is 8.01. The number of imidazole rings is 1. The van der Waals surface area contributed by atoms with Crippen LogP contribution in [0.1, 0.15) is 18.2 Å². The average molecular weight is 410 g/mol. The normalized spacial score (nSPS) is 14.7. The molecular weight excluding hydrogens is 397 g/mol. The third-order valence-corrected chi connectivity index (χ3v) is 6.49. The maximum absolute atomic E-state index is 13.2. The largest absolute Gasteiger partial charge is 0.422 e. The Labute approximate surface area is 159 Å². The fraction of sp³-hybridized carbons (Fsp3) is 0.235. The molecule has 1 atom stereocenters. The second-order valence-corrected chi connectivity index (χ2v) is 8.22. The number of hydrogen-bond acceptors (Lipinski definition) is 6. The van der Waals surface area contributed by atoms with Crippen LogP contribution in [0.15, 0.2) is 52.2 Å². The van der Waals surface area contributed by atoms with E-state index in [2.05, 4.69) is 15.0 Å². The van der Waals surface area contributed by atoms with Gasteiger partial charge in [-0.2, -0.15) is 13.2 Å². The van der Waals surface area contributed by atoms with Crippen LogP contribution in [0, 0.1) is 0 Å². The number of nitrogens with zero attached hydrogens (tertiary/aromatic N) is 4. The predicted molar refractivity (Wildman–Crippen MR) is 97.0 cm³/mol. The van der Waals surface area contributed by atoms with Crippen LogP contribution >= 0.6 is 23.1 Å². The van der Waals surface area contributed by atoms with E-state index < -0.39 is 18.2 Å². The number of rotatable bonds is 4. The van der Waals surface area contributed by atoms with Crippen molar-refractivity contribution in [3.8, 4) is 0 Å². The second-order valence-electron chi connectivity index (χ2n) is 5.87. The summed E-state index contributed by atoms with van der Waals surface area (Å²) in [5.74, 6) is 0. The van der Waals surface area contributed by atoms with Crippen LogP contribution < -0.4 is 0 Å². The quantitative estimate of drug-likeness (QED) is 0.531. The molecule has 0 bridgehead atoms. The molecule has 3 aromatic heterocycles. The van der Waals surface area contributed by atoms with Crippen molar-refractivity contribution in [2.24, 2.45) is 0 Å². The maximum atomic E-state index is 13.2. The fourth-order valence-electron chi connectivity index (χ4n) is 2.73. The molecule has 0 radical (unpaired) electrons. The van der Waals surface area contributed by atoms with E-state index in [4.69, 9.17) is 0 Å². The summed E-state index contributed by atoms with van der Waals surface area (Å²) in [6, 6.07) is 5.58. The summed E-state index contributed by atoms with van der Waals surface area (Å²) in [6.45, 7) is 1.30. The molecular formula is C17H13F3N4OS2. The number of hydrogen-bond donors (Lipinski definition) is 1. The minimum absolute atomic E-state index is 0.209. The van der Waals surface area contributed by atoms with Crippen LogP contribution in [-0.2, 0) is 5.60 Å². The molecule has 4 aromatic rings. The third-order valence-electron chi connectivity index (χ3n) is 4.27. The number of aliphatic hydroxyl groups is 1. The lowest BCUT2D eigenvalue weighted by Crippen LogP contribution is -2.40. The topological polar surface area (TPSA) is 63.3 Å². The van der Waals surface area contributed by atoms with Crippen molar-refractivity contribution in [3.05, 3.63) is 47.9 Å². The zero-order valence-corrected chi connectivity index (χ0v) is 15.6. The van der Waals surface area contributed by atoms with Crippen molar-refractivity contribution in [3.63, 3.8) is 0 Å². The lowest BCUT2D eigenvalue weighted by atomic mass is 9.99. The molecule has 0 saturated carbocycles. The van der Waals surface area contributed by atoms with Gasteiger partial charge in [-0.15, -0.1) is 11.3 Å². The number of thiazole rings is 1. The Morgan fingerprint density at radius 2 is 2.00 bits per heavy atom. The SMILES string of the molecule is CCC(O)(c1cnc(Sc2ccc3c(c2)ncc2nccn23)s1)C(F)(F)F. The summed E-state index contributed by atoms with van der Waals surface area (Å²) in [5, 5.41) is 10.0. The summed E-state index contributed by atoms with van der Waals surface area (Å²) < 4.78 is 42.0. The van der Waals surface area contributed by atoms with Crippen LogP contribution in [0.2, 0.25) is 0 Å². The standard InChI is InChI=1S/C17H13F3N4OS2/c1-2-16(25,17(18,19)20)13-8-23-15(27-13)26-10-3-4-12-11(7-10)22-9-14-21-5-6-24(12)14/h3-9,25H,2H2,1H3. The molecule has 4 rings (SSSR count). The van der Waals surface area contributed by atoms with Gasteiger partial charge in [0.15, 0.2) is 15.6 Å². The number of benzene rings is 1. The lowest BCUT2D eigenvalue weighted by molar-refractivity contribution is -0.266. The van der Waals surface area contributed by atoms with Crippen molar-refractivity contribution in [1.82, 2.24) is 19.4 Å². The van der Waals surface area contributed by atoms with Gasteiger partial charge in [-0.3, -0.25) is 9.38 Å². The Morgan fingerprint density at radius 1 is 1.19 bits per heavy atom. The molecule has 0 fully saturated rings. The molecule has 140 valence electrons. The second kappa shape index (κ2) is 6.47. The van der Waals surface area contributed by atoms with E-state index in [0.717, 1.165) is 39.1 Å². The molecule has 0 saturated heterocycles.